The zero-order chi connectivity index (χ0) is 21.7. The summed E-state index contributed by atoms with van der Waals surface area (Å²) in [7, 11) is -0.799. The van der Waals surface area contributed by atoms with E-state index in [2.05, 4.69) is 10.0 Å². The van der Waals surface area contributed by atoms with Crippen molar-refractivity contribution in [2.75, 3.05) is 24.3 Å². The summed E-state index contributed by atoms with van der Waals surface area (Å²) in [4.78, 5) is 12.8. The van der Waals surface area contributed by atoms with E-state index in [-0.39, 0.29) is 21.2 Å². The molecule has 0 fully saturated rings. The van der Waals surface area contributed by atoms with Gasteiger partial charge in [0, 0.05) is 17.4 Å². The van der Waals surface area contributed by atoms with Crippen molar-refractivity contribution in [3.63, 3.8) is 0 Å². The van der Waals surface area contributed by atoms with Crippen molar-refractivity contribution in [2.45, 2.75) is 4.90 Å². The maximum atomic E-state index is 12.7. The van der Waals surface area contributed by atoms with E-state index >= 15 is 0 Å². The molecule has 0 aliphatic carbocycles. The van der Waals surface area contributed by atoms with Crippen LogP contribution < -0.4 is 19.5 Å². The van der Waals surface area contributed by atoms with Crippen LogP contribution in [0.3, 0.4) is 0 Å². The third kappa shape index (κ3) is 4.84. The largest absolute Gasteiger partial charge is 0.493 e. The summed E-state index contributed by atoms with van der Waals surface area (Å²) in [6.07, 6.45) is 0. The van der Waals surface area contributed by atoms with Gasteiger partial charge in [-0.3, -0.25) is 9.52 Å². The smallest absolute Gasteiger partial charge is 0.261 e. The summed E-state index contributed by atoms with van der Waals surface area (Å²) in [6, 6.07) is 17.1. The van der Waals surface area contributed by atoms with Crippen molar-refractivity contribution in [3.8, 4) is 11.5 Å². The number of sulfonamides is 1. The van der Waals surface area contributed by atoms with Crippen LogP contribution in [0, 0.1) is 0 Å². The van der Waals surface area contributed by atoms with Gasteiger partial charge in [-0.15, -0.1) is 0 Å². The monoisotopic (exact) mass is 446 g/mol. The van der Waals surface area contributed by atoms with Crippen LogP contribution in [0.5, 0.6) is 11.5 Å². The van der Waals surface area contributed by atoms with Crippen LogP contribution in [0.4, 0.5) is 11.4 Å². The number of halogens is 1. The number of methoxy groups -OCH3 is 2. The molecule has 0 saturated heterocycles. The number of hydrogen-bond acceptors (Lipinski definition) is 5. The SMILES string of the molecule is COc1ccc(NC(=O)c2cc(NS(=O)(=O)c3ccccc3)ccc2Cl)cc1OC. The molecule has 2 N–H and O–H groups in total. The highest BCUT2D eigenvalue weighted by Crippen LogP contribution is 2.30. The summed E-state index contributed by atoms with van der Waals surface area (Å²) in [5, 5.41) is 2.89. The van der Waals surface area contributed by atoms with Gasteiger partial charge in [-0.25, -0.2) is 8.42 Å². The van der Waals surface area contributed by atoms with E-state index in [9.17, 15) is 13.2 Å². The van der Waals surface area contributed by atoms with Crippen LogP contribution in [-0.4, -0.2) is 28.5 Å². The second-order valence-corrected chi connectivity index (χ2v) is 8.23. The van der Waals surface area contributed by atoms with E-state index < -0.39 is 15.9 Å². The van der Waals surface area contributed by atoms with E-state index in [1.165, 1.54) is 44.6 Å². The number of carbonyl (C=O) groups excluding carboxylic acids is 1. The highest BCUT2D eigenvalue weighted by molar-refractivity contribution is 7.92. The number of benzene rings is 3. The topological polar surface area (TPSA) is 93.7 Å². The molecule has 3 aromatic carbocycles. The number of rotatable bonds is 7. The molecule has 0 saturated carbocycles. The summed E-state index contributed by atoms with van der Waals surface area (Å²) in [5.41, 5.74) is 0.782. The molecule has 0 bridgehead atoms. The van der Waals surface area contributed by atoms with Gasteiger partial charge in [0.05, 0.1) is 29.7 Å². The summed E-state index contributed by atoms with van der Waals surface area (Å²) in [5.74, 6) is 0.463. The Labute approximate surface area is 179 Å². The second-order valence-electron chi connectivity index (χ2n) is 6.14. The average molecular weight is 447 g/mol. The van der Waals surface area contributed by atoms with Crippen LogP contribution in [0.15, 0.2) is 71.6 Å². The third-order valence-corrected chi connectivity index (χ3v) is 5.88. The normalized spacial score (nSPS) is 10.9. The predicted octanol–water partition coefficient (Wildman–Crippen LogP) is 4.41. The number of nitrogens with one attached hydrogen (secondary N) is 2. The van der Waals surface area contributed by atoms with Crippen molar-refractivity contribution in [3.05, 3.63) is 77.3 Å². The van der Waals surface area contributed by atoms with E-state index in [0.29, 0.717) is 17.2 Å². The average Bonchev–Trinajstić information content (AvgIpc) is 2.75. The standard InChI is InChI=1S/C21H19ClN2O5S/c1-28-19-11-9-14(13-20(19)29-2)23-21(25)17-12-15(8-10-18(17)22)24-30(26,27)16-6-4-3-5-7-16/h3-13,24H,1-2H3,(H,23,25). The first-order valence-electron chi connectivity index (χ1n) is 8.75. The van der Waals surface area contributed by atoms with E-state index in [1.54, 1.807) is 36.4 Å². The molecule has 0 heterocycles. The summed E-state index contributed by atoms with van der Waals surface area (Å²) >= 11 is 6.17. The highest BCUT2D eigenvalue weighted by Gasteiger charge is 2.17. The van der Waals surface area contributed by atoms with Gasteiger partial charge in [0.25, 0.3) is 15.9 Å². The molecule has 30 heavy (non-hydrogen) atoms. The zero-order valence-corrected chi connectivity index (χ0v) is 17.8. The Hall–Kier alpha value is -3.23. The molecule has 0 aliphatic rings. The lowest BCUT2D eigenvalue weighted by molar-refractivity contribution is 0.102. The van der Waals surface area contributed by atoms with E-state index in [0.717, 1.165) is 0 Å². The van der Waals surface area contributed by atoms with Crippen molar-refractivity contribution < 1.29 is 22.7 Å². The first-order valence-corrected chi connectivity index (χ1v) is 10.6. The van der Waals surface area contributed by atoms with Gasteiger partial charge in [0.15, 0.2) is 11.5 Å². The van der Waals surface area contributed by atoms with Gasteiger partial charge >= 0.3 is 0 Å². The maximum Gasteiger partial charge on any atom is 0.261 e. The molecular formula is C21H19ClN2O5S. The minimum Gasteiger partial charge on any atom is -0.493 e. The fourth-order valence-electron chi connectivity index (χ4n) is 2.69. The van der Waals surface area contributed by atoms with Crippen LogP contribution in [0.2, 0.25) is 5.02 Å². The lowest BCUT2D eigenvalue weighted by atomic mass is 10.2. The molecule has 0 radical (unpaired) electrons. The Bertz CT molecular complexity index is 1170. The molecule has 3 aromatic rings. The molecule has 0 aromatic heterocycles. The van der Waals surface area contributed by atoms with Crippen LogP contribution in [0.25, 0.3) is 0 Å². The Morgan fingerprint density at radius 2 is 1.53 bits per heavy atom. The second kappa shape index (κ2) is 9.06. The molecule has 0 spiro atoms. The maximum absolute atomic E-state index is 12.7. The molecule has 156 valence electrons. The van der Waals surface area contributed by atoms with Gasteiger partial charge in [-0.1, -0.05) is 29.8 Å². The minimum absolute atomic E-state index is 0.108. The summed E-state index contributed by atoms with van der Waals surface area (Å²) in [6.45, 7) is 0. The molecule has 0 unspecified atom stereocenters. The molecule has 0 aliphatic heterocycles. The summed E-state index contributed by atoms with van der Waals surface area (Å²) < 4.78 is 37.9. The fourth-order valence-corrected chi connectivity index (χ4v) is 3.96. The fraction of sp³-hybridized carbons (Fsp3) is 0.0952. The molecule has 7 nitrogen and oxygen atoms in total. The molecule has 1 amide bonds. The molecular weight excluding hydrogens is 428 g/mol. The highest BCUT2D eigenvalue weighted by atomic mass is 35.5. The van der Waals surface area contributed by atoms with Gasteiger partial charge in [-0.05, 0) is 42.5 Å². The lowest BCUT2D eigenvalue weighted by Crippen LogP contribution is -2.15. The van der Waals surface area contributed by atoms with Crippen molar-refractivity contribution in [2.24, 2.45) is 0 Å². The van der Waals surface area contributed by atoms with Crippen LogP contribution in [-0.2, 0) is 10.0 Å². The van der Waals surface area contributed by atoms with Gasteiger partial charge in [0.2, 0.25) is 0 Å². The van der Waals surface area contributed by atoms with E-state index in [1.807, 2.05) is 0 Å². The molecule has 9 heteroatoms. The number of anilines is 2. The van der Waals surface area contributed by atoms with Gasteiger partial charge in [0.1, 0.15) is 0 Å². The first kappa shape index (κ1) is 21.5. The Kier molecular flexibility index (Phi) is 6.49. The Balaban J connectivity index is 1.84. The Morgan fingerprint density at radius 3 is 2.20 bits per heavy atom. The van der Waals surface area contributed by atoms with Crippen LogP contribution >= 0.6 is 11.6 Å². The Morgan fingerprint density at radius 1 is 0.867 bits per heavy atom. The predicted molar refractivity (Wildman–Crippen MR) is 116 cm³/mol. The minimum atomic E-state index is -3.80. The van der Waals surface area contributed by atoms with Crippen LogP contribution in [0.1, 0.15) is 10.4 Å². The van der Waals surface area contributed by atoms with Crippen molar-refractivity contribution >= 4 is 38.9 Å². The molecule has 3 rings (SSSR count). The van der Waals surface area contributed by atoms with Crippen molar-refractivity contribution in [1.82, 2.24) is 0 Å². The third-order valence-electron chi connectivity index (χ3n) is 4.16. The van der Waals surface area contributed by atoms with E-state index in [4.69, 9.17) is 21.1 Å². The number of ether oxygens (including phenoxy) is 2. The first-order chi connectivity index (χ1) is 14.3. The number of carbonyl (C=O) groups is 1. The lowest BCUT2D eigenvalue weighted by Gasteiger charge is -2.13. The quantitative estimate of drug-likeness (QED) is 0.560. The zero-order valence-electron chi connectivity index (χ0n) is 16.2. The van der Waals surface area contributed by atoms with Gasteiger partial charge in [-0.2, -0.15) is 0 Å². The number of hydrogen-bond donors (Lipinski definition) is 2. The number of amides is 1. The van der Waals surface area contributed by atoms with Gasteiger partial charge < -0.3 is 14.8 Å². The van der Waals surface area contributed by atoms with Crippen molar-refractivity contribution in [1.29, 1.82) is 0 Å². The molecule has 0 atom stereocenters.